The molecule has 2 aromatic rings. The van der Waals surface area contributed by atoms with E-state index in [0.29, 0.717) is 17.6 Å². The Kier molecular flexibility index (Phi) is 3.93. The second kappa shape index (κ2) is 6.04. The summed E-state index contributed by atoms with van der Waals surface area (Å²) >= 11 is 0. The van der Waals surface area contributed by atoms with Gasteiger partial charge in [-0.3, -0.25) is 0 Å². The number of carbonyl (C=O) groups is 1. The fourth-order valence-electron chi connectivity index (χ4n) is 2.60. The number of phenolic OH excluding ortho intramolecular Hbond substituents is 2. The number of rotatable bonds is 4. The molecule has 118 valence electrons. The second-order valence-corrected chi connectivity index (χ2v) is 5.28. The van der Waals surface area contributed by atoms with Crippen molar-refractivity contribution < 1.29 is 24.5 Å². The number of benzene rings is 2. The molecule has 1 atom stereocenters. The molecular weight excluding hydrogens is 296 g/mol. The molecule has 1 aliphatic rings. The minimum atomic E-state index is -0.480. The van der Waals surface area contributed by atoms with E-state index in [1.807, 2.05) is 24.3 Å². The first-order valence-electron chi connectivity index (χ1n) is 7.14. The monoisotopic (exact) mass is 312 g/mol. The molecule has 0 amide bonds. The summed E-state index contributed by atoms with van der Waals surface area (Å²) < 4.78 is 10.5. The van der Waals surface area contributed by atoms with Gasteiger partial charge in [0.15, 0.2) is 0 Å². The zero-order valence-electron chi connectivity index (χ0n) is 12.5. The van der Waals surface area contributed by atoms with Gasteiger partial charge in [-0.05, 0) is 29.8 Å². The van der Waals surface area contributed by atoms with E-state index >= 15 is 0 Å². The standard InChI is InChI=1S/C18H16O5/c1-22-13-5-2-11(3-6-13)8-17-15(10-18(21)23-17)14-7-4-12(19)9-16(14)20/h2-7,9-10,17,19-20H,8H2,1H3/t17-/m1/s1. The van der Waals surface area contributed by atoms with Gasteiger partial charge in [0.05, 0.1) is 7.11 Å². The molecule has 0 spiro atoms. The van der Waals surface area contributed by atoms with Gasteiger partial charge in [0.2, 0.25) is 0 Å². The normalized spacial score (nSPS) is 16.8. The van der Waals surface area contributed by atoms with Gasteiger partial charge in [0.1, 0.15) is 23.4 Å². The third-order valence-electron chi connectivity index (χ3n) is 3.75. The van der Waals surface area contributed by atoms with Crippen LogP contribution in [0.25, 0.3) is 5.57 Å². The summed E-state index contributed by atoms with van der Waals surface area (Å²) in [4.78, 5) is 11.7. The molecule has 0 aromatic heterocycles. The van der Waals surface area contributed by atoms with E-state index in [9.17, 15) is 15.0 Å². The summed E-state index contributed by atoms with van der Waals surface area (Å²) in [6.07, 6.45) is 1.38. The van der Waals surface area contributed by atoms with Gasteiger partial charge < -0.3 is 19.7 Å². The highest BCUT2D eigenvalue weighted by atomic mass is 16.5. The Balaban J connectivity index is 1.86. The average Bonchev–Trinajstić information content (AvgIpc) is 2.88. The lowest BCUT2D eigenvalue weighted by molar-refractivity contribution is -0.138. The number of ether oxygens (including phenoxy) is 2. The molecule has 0 saturated heterocycles. The lowest BCUT2D eigenvalue weighted by atomic mass is 9.95. The van der Waals surface area contributed by atoms with Gasteiger partial charge in [-0.2, -0.15) is 0 Å². The zero-order valence-corrected chi connectivity index (χ0v) is 12.5. The van der Waals surface area contributed by atoms with Crippen LogP contribution in [-0.2, 0) is 16.0 Å². The molecule has 1 aliphatic heterocycles. The van der Waals surface area contributed by atoms with Gasteiger partial charge in [-0.15, -0.1) is 0 Å². The number of aromatic hydroxyl groups is 2. The molecular formula is C18H16O5. The maximum Gasteiger partial charge on any atom is 0.331 e. The van der Waals surface area contributed by atoms with Crippen molar-refractivity contribution in [2.45, 2.75) is 12.5 Å². The van der Waals surface area contributed by atoms with Crippen molar-refractivity contribution in [2.24, 2.45) is 0 Å². The van der Waals surface area contributed by atoms with Crippen molar-refractivity contribution in [3.05, 3.63) is 59.7 Å². The lowest BCUT2D eigenvalue weighted by Gasteiger charge is -2.16. The van der Waals surface area contributed by atoms with Crippen LogP contribution in [-0.4, -0.2) is 29.4 Å². The number of carbonyl (C=O) groups excluding carboxylic acids is 1. The summed E-state index contributed by atoms with van der Waals surface area (Å²) in [7, 11) is 1.60. The predicted molar refractivity (Wildman–Crippen MR) is 84.3 cm³/mol. The van der Waals surface area contributed by atoms with E-state index in [-0.39, 0.29) is 11.5 Å². The van der Waals surface area contributed by atoms with Gasteiger partial charge >= 0.3 is 5.97 Å². The number of hydrogen-bond donors (Lipinski definition) is 2. The number of cyclic esters (lactones) is 1. The van der Waals surface area contributed by atoms with Crippen LogP contribution in [0.3, 0.4) is 0 Å². The Labute approximate surface area is 133 Å². The van der Waals surface area contributed by atoms with Crippen molar-refractivity contribution in [3.63, 3.8) is 0 Å². The Morgan fingerprint density at radius 2 is 1.87 bits per heavy atom. The van der Waals surface area contributed by atoms with E-state index in [4.69, 9.17) is 9.47 Å². The molecule has 5 nitrogen and oxygen atoms in total. The molecule has 0 aliphatic carbocycles. The molecule has 3 rings (SSSR count). The van der Waals surface area contributed by atoms with E-state index in [1.54, 1.807) is 13.2 Å². The third kappa shape index (κ3) is 3.13. The minimum absolute atomic E-state index is 0.0382. The van der Waals surface area contributed by atoms with Crippen LogP contribution in [0.4, 0.5) is 0 Å². The largest absolute Gasteiger partial charge is 0.508 e. The molecule has 1 heterocycles. The Morgan fingerprint density at radius 3 is 2.52 bits per heavy atom. The molecule has 5 heteroatoms. The van der Waals surface area contributed by atoms with Crippen molar-refractivity contribution >= 4 is 11.5 Å². The van der Waals surface area contributed by atoms with E-state index in [1.165, 1.54) is 18.2 Å². The Bertz CT molecular complexity index is 761. The Morgan fingerprint density at radius 1 is 1.13 bits per heavy atom. The third-order valence-corrected chi connectivity index (χ3v) is 3.75. The zero-order chi connectivity index (χ0) is 16.4. The van der Waals surface area contributed by atoms with E-state index < -0.39 is 12.1 Å². The van der Waals surface area contributed by atoms with Crippen molar-refractivity contribution in [3.8, 4) is 17.2 Å². The van der Waals surface area contributed by atoms with E-state index in [0.717, 1.165) is 11.3 Å². The number of phenols is 2. The first-order chi connectivity index (χ1) is 11.1. The number of hydrogen-bond acceptors (Lipinski definition) is 5. The summed E-state index contributed by atoms with van der Waals surface area (Å²) in [5.74, 6) is 0.188. The number of methoxy groups -OCH3 is 1. The maximum atomic E-state index is 11.7. The van der Waals surface area contributed by atoms with Crippen LogP contribution in [0.1, 0.15) is 11.1 Å². The molecule has 0 saturated carbocycles. The summed E-state index contributed by atoms with van der Waals surface area (Å²) in [6.45, 7) is 0. The first-order valence-corrected chi connectivity index (χ1v) is 7.14. The highest BCUT2D eigenvalue weighted by Crippen LogP contribution is 2.35. The minimum Gasteiger partial charge on any atom is -0.508 e. The average molecular weight is 312 g/mol. The molecule has 0 unspecified atom stereocenters. The van der Waals surface area contributed by atoms with Gasteiger partial charge in [0.25, 0.3) is 0 Å². The van der Waals surface area contributed by atoms with Crippen LogP contribution in [0.2, 0.25) is 0 Å². The quantitative estimate of drug-likeness (QED) is 0.849. The lowest BCUT2D eigenvalue weighted by Crippen LogP contribution is -2.14. The molecule has 0 radical (unpaired) electrons. The smallest absolute Gasteiger partial charge is 0.331 e. The van der Waals surface area contributed by atoms with Crippen molar-refractivity contribution in [2.75, 3.05) is 7.11 Å². The summed E-state index contributed by atoms with van der Waals surface area (Å²) in [6, 6.07) is 11.8. The highest BCUT2D eigenvalue weighted by Gasteiger charge is 2.29. The summed E-state index contributed by atoms with van der Waals surface area (Å²) in [5, 5.41) is 19.4. The molecule has 0 fully saturated rings. The molecule has 2 aromatic carbocycles. The highest BCUT2D eigenvalue weighted by molar-refractivity contribution is 5.98. The van der Waals surface area contributed by atoms with Crippen molar-refractivity contribution in [1.29, 1.82) is 0 Å². The predicted octanol–water partition coefficient (Wildman–Crippen LogP) is 2.66. The van der Waals surface area contributed by atoms with Crippen LogP contribution >= 0.6 is 0 Å². The second-order valence-electron chi connectivity index (χ2n) is 5.28. The first kappa shape index (κ1) is 15.0. The maximum absolute atomic E-state index is 11.7. The fourth-order valence-corrected chi connectivity index (χ4v) is 2.60. The van der Waals surface area contributed by atoms with Gasteiger partial charge in [-0.1, -0.05) is 12.1 Å². The van der Waals surface area contributed by atoms with Gasteiger partial charge in [0, 0.05) is 29.7 Å². The topological polar surface area (TPSA) is 76.0 Å². The summed E-state index contributed by atoms with van der Waals surface area (Å²) in [5.41, 5.74) is 2.06. The van der Waals surface area contributed by atoms with E-state index in [2.05, 4.69) is 0 Å². The van der Waals surface area contributed by atoms with Crippen molar-refractivity contribution in [1.82, 2.24) is 0 Å². The fraction of sp³-hybridized carbons (Fsp3) is 0.167. The van der Waals surface area contributed by atoms with Crippen LogP contribution in [0.5, 0.6) is 17.2 Å². The number of esters is 1. The van der Waals surface area contributed by atoms with Crippen LogP contribution in [0.15, 0.2) is 48.5 Å². The molecule has 0 bridgehead atoms. The molecule has 2 N–H and O–H groups in total. The SMILES string of the molecule is COc1ccc(C[C@H]2OC(=O)C=C2c2ccc(O)cc2O)cc1. The molecule has 23 heavy (non-hydrogen) atoms. The van der Waals surface area contributed by atoms with Gasteiger partial charge in [-0.25, -0.2) is 4.79 Å². The van der Waals surface area contributed by atoms with Crippen LogP contribution in [0, 0.1) is 0 Å². The van der Waals surface area contributed by atoms with Crippen LogP contribution < -0.4 is 4.74 Å². The Hall–Kier alpha value is -2.95.